The predicted octanol–water partition coefficient (Wildman–Crippen LogP) is 3.68. The van der Waals surface area contributed by atoms with Gasteiger partial charge in [-0.25, -0.2) is 4.79 Å². The first-order chi connectivity index (χ1) is 15.7. The van der Waals surface area contributed by atoms with Crippen LogP contribution in [0.1, 0.15) is 48.6 Å². The number of carbonyl (C=O) groups is 3. The number of aryl methyl sites for hydroxylation is 2. The first-order valence-corrected chi connectivity index (χ1v) is 11.4. The van der Waals surface area contributed by atoms with Gasteiger partial charge in [0.15, 0.2) is 5.78 Å². The monoisotopic (exact) mass is 450 g/mol. The number of esters is 1. The lowest BCUT2D eigenvalue weighted by Gasteiger charge is -2.26. The third kappa shape index (κ3) is 5.33. The van der Waals surface area contributed by atoms with E-state index in [0.717, 1.165) is 33.4 Å². The van der Waals surface area contributed by atoms with Crippen LogP contribution in [-0.2, 0) is 25.5 Å². The summed E-state index contributed by atoms with van der Waals surface area (Å²) in [5.41, 5.74) is 6.09. The summed E-state index contributed by atoms with van der Waals surface area (Å²) < 4.78 is 4.98. The largest absolute Gasteiger partial charge is 0.467 e. The minimum absolute atomic E-state index is 0.0571. The number of methoxy groups -OCH3 is 1. The van der Waals surface area contributed by atoms with Crippen molar-refractivity contribution in [2.45, 2.75) is 52.6 Å². The lowest BCUT2D eigenvalue weighted by molar-refractivity contribution is -0.146. The van der Waals surface area contributed by atoms with Gasteiger partial charge in [-0.3, -0.25) is 9.59 Å². The maximum absolute atomic E-state index is 13.3. The van der Waals surface area contributed by atoms with E-state index in [2.05, 4.69) is 29.7 Å². The SMILES string of the molecule is CN[C@@H]1C(=O)C[C@@H](C(C)C)C(=O)N[C@H](C(=O)OC)Cc2ccc(C)c(c2)-c2cc1ccc2C. The van der Waals surface area contributed by atoms with Crippen LogP contribution in [0.5, 0.6) is 0 Å². The fourth-order valence-electron chi connectivity index (χ4n) is 4.52. The molecule has 0 aliphatic carbocycles. The second-order valence-corrected chi connectivity index (χ2v) is 9.25. The van der Waals surface area contributed by atoms with Crippen molar-refractivity contribution in [1.29, 1.82) is 0 Å². The summed E-state index contributed by atoms with van der Waals surface area (Å²) in [4.78, 5) is 39.1. The number of benzene rings is 2. The molecule has 0 saturated heterocycles. The molecule has 1 amide bonds. The van der Waals surface area contributed by atoms with E-state index in [1.807, 2.05) is 45.0 Å². The smallest absolute Gasteiger partial charge is 0.328 e. The Hall–Kier alpha value is -2.99. The van der Waals surface area contributed by atoms with Gasteiger partial charge in [0.2, 0.25) is 5.91 Å². The van der Waals surface area contributed by atoms with E-state index in [-0.39, 0.29) is 24.0 Å². The van der Waals surface area contributed by atoms with Crippen LogP contribution in [0, 0.1) is 25.7 Å². The van der Waals surface area contributed by atoms with E-state index >= 15 is 0 Å². The lowest BCUT2D eigenvalue weighted by Crippen LogP contribution is -2.47. The Morgan fingerprint density at radius 2 is 1.67 bits per heavy atom. The molecule has 3 rings (SSSR count). The summed E-state index contributed by atoms with van der Waals surface area (Å²) in [6, 6.07) is 10.8. The van der Waals surface area contributed by atoms with Crippen molar-refractivity contribution in [3.63, 3.8) is 0 Å². The van der Waals surface area contributed by atoms with Crippen molar-refractivity contribution < 1.29 is 19.1 Å². The summed E-state index contributed by atoms with van der Waals surface area (Å²) in [7, 11) is 3.07. The molecule has 0 saturated carbocycles. The van der Waals surface area contributed by atoms with Crippen LogP contribution >= 0.6 is 0 Å². The second-order valence-electron chi connectivity index (χ2n) is 9.25. The molecule has 1 aliphatic rings. The zero-order valence-corrected chi connectivity index (χ0v) is 20.3. The van der Waals surface area contributed by atoms with Crippen molar-refractivity contribution >= 4 is 17.7 Å². The number of carbonyl (C=O) groups excluding carboxylic acids is 3. The molecule has 176 valence electrons. The van der Waals surface area contributed by atoms with Gasteiger partial charge in [0.1, 0.15) is 6.04 Å². The molecule has 6 nitrogen and oxygen atoms in total. The van der Waals surface area contributed by atoms with Gasteiger partial charge in [-0.05, 0) is 66.3 Å². The number of hydrogen-bond acceptors (Lipinski definition) is 5. The van der Waals surface area contributed by atoms with Gasteiger partial charge in [-0.2, -0.15) is 0 Å². The third-order valence-electron chi connectivity index (χ3n) is 6.60. The van der Waals surface area contributed by atoms with Crippen LogP contribution in [0.3, 0.4) is 0 Å². The van der Waals surface area contributed by atoms with E-state index in [1.165, 1.54) is 7.11 Å². The average Bonchev–Trinajstić information content (AvgIpc) is 2.78. The fourth-order valence-corrected chi connectivity index (χ4v) is 4.52. The van der Waals surface area contributed by atoms with Gasteiger partial charge in [0.25, 0.3) is 0 Å². The molecule has 0 spiro atoms. The minimum atomic E-state index is -0.829. The quantitative estimate of drug-likeness (QED) is 0.697. The summed E-state index contributed by atoms with van der Waals surface area (Å²) >= 11 is 0. The van der Waals surface area contributed by atoms with Crippen LogP contribution in [0.2, 0.25) is 0 Å². The highest BCUT2D eigenvalue weighted by atomic mass is 16.5. The van der Waals surface area contributed by atoms with Gasteiger partial charge < -0.3 is 15.4 Å². The van der Waals surface area contributed by atoms with Crippen molar-refractivity contribution in [1.82, 2.24) is 10.6 Å². The highest BCUT2D eigenvalue weighted by Gasteiger charge is 2.32. The average molecular weight is 451 g/mol. The summed E-state index contributed by atoms with van der Waals surface area (Å²) in [5.74, 6) is -1.49. The first kappa shape index (κ1) is 24.6. The van der Waals surface area contributed by atoms with Crippen LogP contribution in [0.4, 0.5) is 0 Å². The van der Waals surface area contributed by atoms with Crippen molar-refractivity contribution in [3.05, 3.63) is 58.7 Å². The molecule has 0 fully saturated rings. The van der Waals surface area contributed by atoms with Crippen LogP contribution in [0.15, 0.2) is 36.4 Å². The number of amides is 1. The van der Waals surface area contributed by atoms with Gasteiger partial charge in [-0.1, -0.05) is 44.2 Å². The number of ketones is 1. The van der Waals surface area contributed by atoms with E-state index in [9.17, 15) is 14.4 Å². The number of fused-ring (bicyclic) bond motifs is 5. The molecular weight excluding hydrogens is 416 g/mol. The first-order valence-electron chi connectivity index (χ1n) is 11.4. The standard InChI is InChI=1S/C27H34N2O4/c1-15(2)20-14-24(30)25(28-5)19-10-8-17(4)22(13-19)21-11-18(9-7-16(21)3)12-23(27(32)33-6)29-26(20)31/h7-11,13,15,20,23,25,28H,12,14H2,1-6H3,(H,29,31)/t20-,23-,25-/m0/s1. The van der Waals surface area contributed by atoms with E-state index < -0.39 is 24.0 Å². The number of rotatable bonds is 3. The highest BCUT2D eigenvalue weighted by Crippen LogP contribution is 2.32. The Bertz CT molecular complexity index is 1060. The molecule has 2 aromatic carbocycles. The molecule has 0 aromatic heterocycles. The molecule has 2 aromatic rings. The zero-order chi connectivity index (χ0) is 24.3. The van der Waals surface area contributed by atoms with E-state index in [4.69, 9.17) is 4.74 Å². The molecule has 0 radical (unpaired) electrons. The normalized spacial score (nSPS) is 21.4. The lowest BCUT2D eigenvalue weighted by atomic mass is 9.84. The van der Waals surface area contributed by atoms with Crippen molar-refractivity contribution in [2.75, 3.05) is 14.2 Å². The number of likely N-dealkylation sites (N-methyl/N-ethyl adjacent to an activating group) is 1. The Kier molecular flexibility index (Phi) is 7.69. The van der Waals surface area contributed by atoms with E-state index in [0.29, 0.717) is 6.42 Å². The summed E-state index contributed by atoms with van der Waals surface area (Å²) in [6.45, 7) is 7.93. The third-order valence-corrected chi connectivity index (χ3v) is 6.60. The van der Waals surface area contributed by atoms with E-state index in [1.54, 1.807) is 7.05 Å². The number of ether oxygens (including phenoxy) is 1. The molecule has 33 heavy (non-hydrogen) atoms. The number of Topliss-reactive ketones (excluding diaryl/α,β-unsaturated/α-hetero) is 1. The molecule has 0 unspecified atom stereocenters. The van der Waals surface area contributed by atoms with Crippen LogP contribution in [-0.4, -0.2) is 37.9 Å². The minimum Gasteiger partial charge on any atom is -0.467 e. The molecule has 3 atom stereocenters. The molecule has 1 heterocycles. The second kappa shape index (κ2) is 10.3. The van der Waals surface area contributed by atoms with Gasteiger partial charge >= 0.3 is 5.97 Å². The Morgan fingerprint density at radius 3 is 2.27 bits per heavy atom. The topological polar surface area (TPSA) is 84.5 Å². The Balaban J connectivity index is 2.20. The molecular formula is C27H34N2O4. The predicted molar refractivity (Wildman–Crippen MR) is 129 cm³/mol. The maximum atomic E-state index is 13.3. The van der Waals surface area contributed by atoms with Crippen LogP contribution < -0.4 is 10.6 Å². The summed E-state index contributed by atoms with van der Waals surface area (Å²) in [6.07, 6.45) is 0.388. The van der Waals surface area contributed by atoms with Crippen molar-refractivity contribution in [3.8, 4) is 11.1 Å². The van der Waals surface area contributed by atoms with Gasteiger partial charge in [0.05, 0.1) is 13.2 Å². The van der Waals surface area contributed by atoms with Crippen molar-refractivity contribution in [2.24, 2.45) is 11.8 Å². The highest BCUT2D eigenvalue weighted by molar-refractivity contribution is 5.92. The fraction of sp³-hybridized carbons (Fsp3) is 0.444. The molecule has 2 N–H and O–H groups in total. The maximum Gasteiger partial charge on any atom is 0.328 e. The molecule has 1 aliphatic heterocycles. The Labute approximate surface area is 196 Å². The van der Waals surface area contributed by atoms with Gasteiger partial charge in [0, 0.05) is 18.8 Å². The zero-order valence-electron chi connectivity index (χ0n) is 20.3. The van der Waals surface area contributed by atoms with Gasteiger partial charge in [-0.15, -0.1) is 0 Å². The number of hydrogen-bond donors (Lipinski definition) is 2. The number of nitrogens with one attached hydrogen (secondary N) is 2. The summed E-state index contributed by atoms with van der Waals surface area (Å²) in [5, 5.41) is 6.00. The Morgan fingerprint density at radius 1 is 1.03 bits per heavy atom. The molecule has 4 bridgehead atoms. The molecule has 6 heteroatoms. The van der Waals surface area contributed by atoms with Crippen LogP contribution in [0.25, 0.3) is 11.1 Å².